The molecule has 2 atom stereocenters. The monoisotopic (exact) mass is 449 g/mol. The molecule has 2 aliphatic rings. The minimum absolute atomic E-state index is 0.452. The molecule has 4 heterocycles. The van der Waals surface area contributed by atoms with Crippen LogP contribution in [0.4, 0.5) is 11.6 Å². The van der Waals surface area contributed by atoms with Crippen LogP contribution in [0.3, 0.4) is 0 Å². The van der Waals surface area contributed by atoms with Gasteiger partial charge in [0.25, 0.3) is 0 Å². The lowest BCUT2D eigenvalue weighted by Gasteiger charge is -2.28. The number of para-hydroxylation sites is 1. The molecule has 0 aliphatic carbocycles. The Balaban J connectivity index is 1.48. The van der Waals surface area contributed by atoms with Crippen molar-refractivity contribution in [2.24, 2.45) is 0 Å². The van der Waals surface area contributed by atoms with Crippen LogP contribution >= 0.6 is 11.8 Å². The third kappa shape index (κ3) is 4.30. The van der Waals surface area contributed by atoms with Crippen LogP contribution in [-0.2, 0) is 0 Å². The molecule has 0 bridgehead atoms. The van der Waals surface area contributed by atoms with Gasteiger partial charge in [-0.15, -0.1) is 11.8 Å². The summed E-state index contributed by atoms with van der Waals surface area (Å²) in [5.74, 6) is 2.56. The van der Waals surface area contributed by atoms with Gasteiger partial charge in [0.15, 0.2) is 11.5 Å². The molecule has 1 aromatic carbocycles. The highest BCUT2D eigenvalue weighted by Crippen LogP contribution is 2.35. The van der Waals surface area contributed by atoms with Crippen molar-refractivity contribution in [1.29, 1.82) is 0 Å². The summed E-state index contributed by atoms with van der Waals surface area (Å²) in [6, 6.07) is 12.0. The Morgan fingerprint density at radius 1 is 1.12 bits per heavy atom. The molecule has 2 fully saturated rings. The summed E-state index contributed by atoms with van der Waals surface area (Å²) in [7, 11) is 0. The number of nitrogens with zero attached hydrogens (tertiary/aromatic N) is 4. The second-order valence-electron chi connectivity index (χ2n) is 8.40. The van der Waals surface area contributed by atoms with Gasteiger partial charge < -0.3 is 20.4 Å². The van der Waals surface area contributed by atoms with E-state index in [-0.39, 0.29) is 0 Å². The van der Waals surface area contributed by atoms with Crippen LogP contribution in [0.25, 0.3) is 23.1 Å². The van der Waals surface area contributed by atoms with Gasteiger partial charge in [0.05, 0.1) is 11.2 Å². The molecular formula is C24H27N5O2S. The number of hydrogen-bond acceptors (Lipinski definition) is 8. The summed E-state index contributed by atoms with van der Waals surface area (Å²) in [6.07, 6.45) is 6.52. The largest absolute Gasteiger partial charge is 0.377 e. The van der Waals surface area contributed by atoms with Crippen molar-refractivity contribution in [3.05, 3.63) is 53.5 Å². The Kier molecular flexibility index (Phi) is 5.75. The highest BCUT2D eigenvalue weighted by atomic mass is 32.2. The first kappa shape index (κ1) is 21.2. The smallest absolute Gasteiger partial charge is 0.173 e. The van der Waals surface area contributed by atoms with E-state index < -0.39 is 11.2 Å². The summed E-state index contributed by atoms with van der Waals surface area (Å²) in [5.41, 5.74) is 0.612. The van der Waals surface area contributed by atoms with Crippen molar-refractivity contribution < 1.29 is 10.2 Å². The predicted molar refractivity (Wildman–Crippen MR) is 131 cm³/mol. The van der Waals surface area contributed by atoms with Gasteiger partial charge in [-0.1, -0.05) is 18.2 Å². The minimum atomic E-state index is -1.39. The van der Waals surface area contributed by atoms with Gasteiger partial charge in [0, 0.05) is 36.7 Å². The van der Waals surface area contributed by atoms with E-state index in [0.29, 0.717) is 23.8 Å². The molecule has 2 saturated heterocycles. The zero-order valence-electron chi connectivity index (χ0n) is 18.0. The number of aliphatic hydroxyl groups is 2. The van der Waals surface area contributed by atoms with Gasteiger partial charge >= 0.3 is 0 Å². The standard InChI is InChI=1S/C24H27N5O2S/c1-16-14-17-6-2-3-7-19(17)25-18(16)8-9-20-26-21(28-24(31)10-13-32-23(24)30)15-22(27-20)29-11-4-5-12-29/h2-3,6-9,14-15,23,30-31H,4-5,10-13H2,1H3,(H,26,27,28)/b9-8+/t23?,24-/m1/s1. The summed E-state index contributed by atoms with van der Waals surface area (Å²) in [6.45, 7) is 3.95. The Morgan fingerprint density at radius 3 is 2.72 bits per heavy atom. The van der Waals surface area contributed by atoms with E-state index in [1.54, 1.807) is 0 Å². The molecule has 166 valence electrons. The zero-order chi connectivity index (χ0) is 22.1. The second-order valence-corrected chi connectivity index (χ2v) is 9.59. The Hall–Kier alpha value is -2.68. The lowest BCUT2D eigenvalue weighted by Crippen LogP contribution is -2.44. The quantitative estimate of drug-likeness (QED) is 0.508. The normalized spacial score (nSPS) is 23.5. The topological polar surface area (TPSA) is 94.4 Å². The summed E-state index contributed by atoms with van der Waals surface area (Å²) in [5, 5.41) is 25.2. The minimum Gasteiger partial charge on any atom is -0.377 e. The fourth-order valence-corrected chi connectivity index (χ4v) is 5.30. The predicted octanol–water partition coefficient (Wildman–Crippen LogP) is 3.66. The van der Waals surface area contributed by atoms with E-state index in [2.05, 4.69) is 27.3 Å². The highest BCUT2D eigenvalue weighted by Gasteiger charge is 2.41. The third-order valence-electron chi connectivity index (χ3n) is 6.02. The number of fused-ring (bicyclic) bond motifs is 1. The molecule has 2 aromatic heterocycles. The number of rotatable bonds is 5. The van der Waals surface area contributed by atoms with E-state index >= 15 is 0 Å². The molecule has 32 heavy (non-hydrogen) atoms. The van der Waals surface area contributed by atoms with E-state index in [1.807, 2.05) is 43.3 Å². The van der Waals surface area contributed by atoms with Crippen molar-refractivity contribution in [3.63, 3.8) is 0 Å². The molecule has 3 N–H and O–H groups in total. The van der Waals surface area contributed by atoms with E-state index in [1.165, 1.54) is 11.8 Å². The first-order chi connectivity index (χ1) is 15.5. The SMILES string of the molecule is Cc1cc2ccccc2nc1/C=C/c1nc(N[C@@]2(O)CCSC2O)cc(N2CCCC2)n1. The van der Waals surface area contributed by atoms with Crippen molar-refractivity contribution in [2.75, 3.05) is 29.1 Å². The van der Waals surface area contributed by atoms with Crippen LogP contribution in [0.5, 0.6) is 0 Å². The van der Waals surface area contributed by atoms with E-state index in [0.717, 1.165) is 53.9 Å². The van der Waals surface area contributed by atoms with Crippen molar-refractivity contribution in [3.8, 4) is 0 Å². The van der Waals surface area contributed by atoms with E-state index in [9.17, 15) is 10.2 Å². The fraction of sp³-hybridized carbons (Fsp3) is 0.375. The van der Waals surface area contributed by atoms with Crippen molar-refractivity contribution >= 4 is 46.5 Å². The molecular weight excluding hydrogens is 422 g/mol. The average Bonchev–Trinajstić information content (AvgIpc) is 3.43. The van der Waals surface area contributed by atoms with E-state index in [4.69, 9.17) is 9.97 Å². The maximum atomic E-state index is 10.8. The summed E-state index contributed by atoms with van der Waals surface area (Å²) < 4.78 is 0. The van der Waals surface area contributed by atoms with Crippen LogP contribution in [0, 0.1) is 6.92 Å². The number of pyridine rings is 1. The number of benzene rings is 1. The summed E-state index contributed by atoms with van der Waals surface area (Å²) >= 11 is 1.33. The van der Waals surface area contributed by atoms with Gasteiger partial charge in [-0.25, -0.2) is 15.0 Å². The first-order valence-electron chi connectivity index (χ1n) is 11.0. The molecule has 2 aliphatic heterocycles. The molecule has 5 rings (SSSR count). The number of anilines is 2. The number of aliphatic hydroxyl groups excluding tert-OH is 1. The van der Waals surface area contributed by atoms with Crippen molar-refractivity contribution in [2.45, 2.75) is 37.3 Å². The molecule has 0 radical (unpaired) electrons. The van der Waals surface area contributed by atoms with Gasteiger partial charge in [-0.3, -0.25) is 0 Å². The number of nitrogens with one attached hydrogen (secondary N) is 1. The first-order valence-corrected chi connectivity index (χ1v) is 12.0. The van der Waals surface area contributed by atoms with Crippen LogP contribution in [0.2, 0.25) is 0 Å². The van der Waals surface area contributed by atoms with Crippen LogP contribution in [0.1, 0.15) is 36.3 Å². The molecule has 3 aromatic rings. The molecule has 0 amide bonds. The van der Waals surface area contributed by atoms with Crippen LogP contribution in [0.15, 0.2) is 36.4 Å². The molecule has 0 spiro atoms. The number of aromatic nitrogens is 3. The second kappa shape index (κ2) is 8.69. The molecule has 1 unspecified atom stereocenters. The number of aryl methyl sites for hydroxylation is 1. The third-order valence-corrected chi connectivity index (χ3v) is 7.16. The summed E-state index contributed by atoms with van der Waals surface area (Å²) in [4.78, 5) is 16.4. The lowest BCUT2D eigenvalue weighted by atomic mass is 10.1. The highest BCUT2D eigenvalue weighted by molar-refractivity contribution is 8.00. The van der Waals surface area contributed by atoms with Crippen molar-refractivity contribution in [1.82, 2.24) is 15.0 Å². The lowest BCUT2D eigenvalue weighted by molar-refractivity contribution is -0.00273. The maximum absolute atomic E-state index is 10.8. The number of thioether (sulfide) groups is 1. The average molecular weight is 450 g/mol. The molecule has 7 nitrogen and oxygen atoms in total. The van der Waals surface area contributed by atoms with Gasteiger partial charge in [-0.05, 0) is 49.6 Å². The molecule has 8 heteroatoms. The Bertz CT molecular complexity index is 1160. The molecule has 0 saturated carbocycles. The van der Waals surface area contributed by atoms with Crippen LogP contribution in [-0.4, -0.2) is 55.2 Å². The van der Waals surface area contributed by atoms with Gasteiger partial charge in [0.2, 0.25) is 0 Å². The van der Waals surface area contributed by atoms with Gasteiger partial charge in [0.1, 0.15) is 17.1 Å². The fourth-order valence-electron chi connectivity index (χ4n) is 4.19. The van der Waals surface area contributed by atoms with Gasteiger partial charge in [-0.2, -0.15) is 0 Å². The Morgan fingerprint density at radius 2 is 1.94 bits per heavy atom. The van der Waals surface area contributed by atoms with Crippen LogP contribution < -0.4 is 10.2 Å². The number of hydrogen-bond donors (Lipinski definition) is 3. The zero-order valence-corrected chi connectivity index (χ0v) is 18.8. The maximum Gasteiger partial charge on any atom is 0.173 e. The Labute approximate surface area is 191 Å².